The summed E-state index contributed by atoms with van der Waals surface area (Å²) in [7, 11) is 0. The van der Waals surface area contributed by atoms with Crippen LogP contribution in [0.4, 0.5) is 9.18 Å². The Hall–Kier alpha value is -3.09. The van der Waals surface area contributed by atoms with Crippen molar-refractivity contribution in [2.75, 3.05) is 6.61 Å². The van der Waals surface area contributed by atoms with Gasteiger partial charge in [-0.2, -0.15) is 0 Å². The van der Waals surface area contributed by atoms with E-state index in [0.29, 0.717) is 29.0 Å². The Balaban J connectivity index is 2.32. The maximum Gasteiger partial charge on any atom is 0.407 e. The third kappa shape index (κ3) is 6.48. The number of rotatable bonds is 7. The highest BCUT2D eigenvalue weighted by Crippen LogP contribution is 2.28. The summed E-state index contributed by atoms with van der Waals surface area (Å²) in [5.74, 6) is -1.53. The van der Waals surface area contributed by atoms with Crippen molar-refractivity contribution < 1.29 is 28.6 Å². The van der Waals surface area contributed by atoms with Crippen LogP contribution in [0, 0.1) is 5.82 Å². The Bertz CT molecular complexity index is 889. The second-order valence-electron chi connectivity index (χ2n) is 7.53. The fraction of sp³-hybridized carbons (Fsp3) is 0.364. The molecule has 0 aromatic heterocycles. The molecule has 0 aliphatic heterocycles. The molecule has 0 aliphatic rings. The lowest BCUT2D eigenvalue weighted by Crippen LogP contribution is -2.32. The quantitative estimate of drug-likeness (QED) is 0.679. The van der Waals surface area contributed by atoms with Crippen LogP contribution in [0.15, 0.2) is 36.4 Å². The molecular formula is C22H26FNO5. The molecule has 2 rings (SSSR count). The van der Waals surface area contributed by atoms with Gasteiger partial charge in [0.05, 0.1) is 12.2 Å². The maximum atomic E-state index is 13.7. The molecule has 0 saturated carbocycles. The SMILES string of the molecule is CCCOc1ccc(-c2ccc(F)c(C(=O)O)c2)cc1CNC(=O)OC(C)(C)C. The topological polar surface area (TPSA) is 84.9 Å². The van der Waals surface area contributed by atoms with Crippen LogP contribution in [0.1, 0.15) is 50.0 Å². The number of carboxylic acid groups (broad SMARTS) is 1. The molecular weight excluding hydrogens is 377 g/mol. The van der Waals surface area contributed by atoms with E-state index in [1.54, 1.807) is 39.0 Å². The number of nitrogens with one attached hydrogen (secondary N) is 1. The van der Waals surface area contributed by atoms with Crippen molar-refractivity contribution >= 4 is 12.1 Å². The maximum absolute atomic E-state index is 13.7. The summed E-state index contributed by atoms with van der Waals surface area (Å²) >= 11 is 0. The first-order valence-corrected chi connectivity index (χ1v) is 9.36. The highest BCUT2D eigenvalue weighted by atomic mass is 19.1. The minimum atomic E-state index is -1.33. The second kappa shape index (κ2) is 9.41. The average Bonchev–Trinajstić information content (AvgIpc) is 2.63. The van der Waals surface area contributed by atoms with Gasteiger partial charge in [-0.15, -0.1) is 0 Å². The first-order valence-electron chi connectivity index (χ1n) is 9.36. The Labute approximate surface area is 169 Å². The number of ether oxygens (including phenoxy) is 2. The van der Waals surface area contributed by atoms with E-state index in [9.17, 15) is 14.0 Å². The van der Waals surface area contributed by atoms with Crippen molar-refractivity contribution in [2.45, 2.75) is 46.3 Å². The van der Waals surface area contributed by atoms with Gasteiger partial charge in [0.25, 0.3) is 0 Å². The lowest BCUT2D eigenvalue weighted by atomic mass is 10.00. The third-order valence-corrected chi connectivity index (χ3v) is 3.87. The van der Waals surface area contributed by atoms with E-state index >= 15 is 0 Å². The molecule has 0 atom stereocenters. The highest BCUT2D eigenvalue weighted by molar-refractivity contribution is 5.89. The normalized spacial score (nSPS) is 11.1. The summed E-state index contributed by atoms with van der Waals surface area (Å²) in [6, 6.07) is 9.21. The van der Waals surface area contributed by atoms with E-state index in [0.717, 1.165) is 12.5 Å². The zero-order chi connectivity index (χ0) is 21.6. The van der Waals surface area contributed by atoms with E-state index in [2.05, 4.69) is 5.32 Å². The van der Waals surface area contributed by atoms with Crippen LogP contribution in [-0.4, -0.2) is 29.4 Å². The Morgan fingerprint density at radius 3 is 2.38 bits per heavy atom. The fourth-order valence-electron chi connectivity index (χ4n) is 2.60. The monoisotopic (exact) mass is 403 g/mol. The van der Waals surface area contributed by atoms with E-state index < -0.39 is 29.0 Å². The number of amides is 1. The van der Waals surface area contributed by atoms with E-state index in [1.807, 2.05) is 6.92 Å². The fourth-order valence-corrected chi connectivity index (χ4v) is 2.60. The van der Waals surface area contributed by atoms with Gasteiger partial charge in [-0.3, -0.25) is 0 Å². The van der Waals surface area contributed by atoms with Crippen molar-refractivity contribution in [3.63, 3.8) is 0 Å². The number of carboxylic acids is 1. The van der Waals surface area contributed by atoms with E-state index in [-0.39, 0.29) is 6.54 Å². The molecule has 6 nitrogen and oxygen atoms in total. The van der Waals surface area contributed by atoms with E-state index in [1.165, 1.54) is 12.1 Å². The molecule has 2 aromatic carbocycles. The smallest absolute Gasteiger partial charge is 0.407 e. The van der Waals surface area contributed by atoms with Crippen molar-refractivity contribution in [2.24, 2.45) is 0 Å². The summed E-state index contributed by atoms with van der Waals surface area (Å²) in [5.41, 5.74) is 0.904. The summed E-state index contributed by atoms with van der Waals surface area (Å²) in [6.45, 7) is 7.99. The number of hydrogen-bond acceptors (Lipinski definition) is 4. The van der Waals surface area contributed by atoms with Gasteiger partial charge in [-0.25, -0.2) is 14.0 Å². The van der Waals surface area contributed by atoms with Crippen molar-refractivity contribution in [1.29, 1.82) is 0 Å². The van der Waals surface area contributed by atoms with Crippen LogP contribution >= 0.6 is 0 Å². The molecule has 0 unspecified atom stereocenters. The molecule has 0 saturated heterocycles. The summed E-state index contributed by atoms with van der Waals surface area (Å²) in [4.78, 5) is 23.2. The van der Waals surface area contributed by atoms with Gasteiger partial charge in [0.1, 0.15) is 17.2 Å². The predicted octanol–water partition coefficient (Wildman–Crippen LogP) is 5.00. The van der Waals surface area contributed by atoms with Crippen LogP contribution < -0.4 is 10.1 Å². The van der Waals surface area contributed by atoms with Crippen LogP contribution in [0.5, 0.6) is 5.75 Å². The summed E-state index contributed by atoms with van der Waals surface area (Å²) in [5, 5.41) is 11.8. The van der Waals surface area contributed by atoms with Gasteiger partial charge in [0.15, 0.2) is 0 Å². The standard InChI is InChI=1S/C22H26FNO5/c1-5-10-28-19-9-7-14(15-6-8-18(23)17(12-15)20(25)26)11-16(19)13-24-21(27)29-22(2,3)4/h6-9,11-12H,5,10,13H2,1-4H3,(H,24,27)(H,25,26). The first kappa shape index (κ1) is 22.2. The first-order chi connectivity index (χ1) is 13.6. The molecule has 7 heteroatoms. The molecule has 0 bridgehead atoms. The third-order valence-electron chi connectivity index (χ3n) is 3.87. The van der Waals surface area contributed by atoms with Gasteiger partial charge in [-0.05, 0) is 62.6 Å². The zero-order valence-corrected chi connectivity index (χ0v) is 17.0. The van der Waals surface area contributed by atoms with Gasteiger partial charge in [0, 0.05) is 12.1 Å². The number of hydrogen-bond donors (Lipinski definition) is 2. The Kier molecular flexibility index (Phi) is 7.20. The molecule has 1 amide bonds. The molecule has 0 heterocycles. The number of aromatic carboxylic acids is 1. The Morgan fingerprint density at radius 2 is 1.76 bits per heavy atom. The minimum Gasteiger partial charge on any atom is -0.493 e. The van der Waals surface area contributed by atoms with Crippen molar-refractivity contribution in [1.82, 2.24) is 5.32 Å². The van der Waals surface area contributed by atoms with Crippen molar-refractivity contribution in [3.05, 3.63) is 53.3 Å². The second-order valence-corrected chi connectivity index (χ2v) is 7.53. The van der Waals surface area contributed by atoms with Crippen LogP contribution in [0.2, 0.25) is 0 Å². The molecule has 2 aromatic rings. The minimum absolute atomic E-state index is 0.161. The largest absolute Gasteiger partial charge is 0.493 e. The van der Waals surface area contributed by atoms with Crippen LogP contribution in [0.3, 0.4) is 0 Å². The van der Waals surface area contributed by atoms with Gasteiger partial charge in [-0.1, -0.05) is 19.1 Å². The molecule has 156 valence electrons. The number of alkyl carbamates (subject to hydrolysis) is 1. The predicted molar refractivity (Wildman–Crippen MR) is 108 cm³/mol. The highest BCUT2D eigenvalue weighted by Gasteiger charge is 2.17. The average molecular weight is 403 g/mol. The summed E-state index contributed by atoms with van der Waals surface area (Å²) < 4.78 is 24.7. The number of carbonyl (C=O) groups excluding carboxylic acids is 1. The van der Waals surface area contributed by atoms with Gasteiger partial charge >= 0.3 is 12.1 Å². The number of halogens is 1. The van der Waals surface area contributed by atoms with Gasteiger partial charge in [0.2, 0.25) is 0 Å². The lowest BCUT2D eigenvalue weighted by Gasteiger charge is -2.20. The van der Waals surface area contributed by atoms with Gasteiger partial charge < -0.3 is 19.9 Å². The molecule has 29 heavy (non-hydrogen) atoms. The van der Waals surface area contributed by atoms with E-state index in [4.69, 9.17) is 14.6 Å². The molecule has 2 N–H and O–H groups in total. The van der Waals surface area contributed by atoms with Crippen LogP contribution in [-0.2, 0) is 11.3 Å². The molecule has 0 spiro atoms. The zero-order valence-electron chi connectivity index (χ0n) is 17.0. The van der Waals surface area contributed by atoms with Crippen LogP contribution in [0.25, 0.3) is 11.1 Å². The number of benzene rings is 2. The Morgan fingerprint density at radius 1 is 1.10 bits per heavy atom. The molecule has 0 aliphatic carbocycles. The lowest BCUT2D eigenvalue weighted by molar-refractivity contribution is 0.0522. The molecule has 0 fully saturated rings. The summed E-state index contributed by atoms with van der Waals surface area (Å²) in [6.07, 6.45) is 0.264. The molecule has 0 radical (unpaired) electrons. The number of carbonyl (C=O) groups is 2. The van der Waals surface area contributed by atoms with Crippen molar-refractivity contribution in [3.8, 4) is 16.9 Å².